The van der Waals surface area contributed by atoms with E-state index in [9.17, 15) is 0 Å². The number of rotatable bonds is 3. The third-order valence-electron chi connectivity index (χ3n) is 1.95. The van der Waals surface area contributed by atoms with E-state index in [1.807, 2.05) is 6.08 Å². The fraction of sp³-hybridized carbons (Fsp3) is 0.333. The summed E-state index contributed by atoms with van der Waals surface area (Å²) in [4.78, 5) is 0. The Morgan fingerprint density at radius 3 is 2.08 bits per heavy atom. The first-order chi connectivity index (χ1) is 6.01. The Kier molecular flexibility index (Phi) is 3.37. The topological polar surface area (TPSA) is 0 Å². The molecule has 0 heterocycles. The monoisotopic (exact) mass is 236 g/mol. The fourth-order valence-corrected chi connectivity index (χ4v) is 4.45. The standard InChI is InChI=1S/C12H18Ge/c1-5-11-6-8-12(9-7-11)10-13(2,3)4/h5-9H,1,10H2,2-4H3. The molecule has 0 unspecified atom stereocenters. The molecule has 0 N–H and O–H groups in total. The van der Waals surface area contributed by atoms with Crippen molar-refractivity contribution in [2.24, 2.45) is 0 Å². The van der Waals surface area contributed by atoms with Crippen molar-refractivity contribution in [3.8, 4) is 0 Å². The molecule has 0 spiro atoms. The summed E-state index contributed by atoms with van der Waals surface area (Å²) in [6, 6.07) is 8.76. The molecule has 0 aliphatic carbocycles. The summed E-state index contributed by atoms with van der Waals surface area (Å²) in [6.07, 6.45) is 1.89. The van der Waals surface area contributed by atoms with E-state index in [1.54, 1.807) is 0 Å². The Bertz CT molecular complexity index is 277. The summed E-state index contributed by atoms with van der Waals surface area (Å²) in [5, 5.41) is 1.32. The first-order valence-corrected chi connectivity index (χ1v) is 12.5. The van der Waals surface area contributed by atoms with Gasteiger partial charge in [0, 0.05) is 0 Å². The first-order valence-electron chi connectivity index (χ1n) is 4.73. The zero-order valence-electron chi connectivity index (χ0n) is 8.80. The molecule has 1 rings (SSSR count). The van der Waals surface area contributed by atoms with Crippen molar-refractivity contribution in [3.63, 3.8) is 0 Å². The van der Waals surface area contributed by atoms with Crippen LogP contribution >= 0.6 is 0 Å². The third kappa shape index (κ3) is 3.81. The van der Waals surface area contributed by atoms with Gasteiger partial charge in [-0.05, 0) is 0 Å². The molecule has 1 aromatic carbocycles. The Hall–Kier alpha value is -0.497. The maximum absolute atomic E-state index is 3.75. The molecule has 0 aliphatic heterocycles. The molecule has 0 bridgehead atoms. The van der Waals surface area contributed by atoms with Crippen LogP contribution < -0.4 is 0 Å². The molecule has 0 saturated heterocycles. The predicted molar refractivity (Wildman–Crippen MR) is 63.6 cm³/mol. The maximum atomic E-state index is 3.75. The van der Waals surface area contributed by atoms with Gasteiger partial charge in [-0.25, -0.2) is 0 Å². The molecule has 0 aliphatic rings. The van der Waals surface area contributed by atoms with E-state index in [4.69, 9.17) is 0 Å². The van der Waals surface area contributed by atoms with E-state index in [0.29, 0.717) is 0 Å². The quantitative estimate of drug-likeness (QED) is 0.699. The van der Waals surface area contributed by atoms with Crippen molar-refractivity contribution < 1.29 is 0 Å². The van der Waals surface area contributed by atoms with E-state index >= 15 is 0 Å². The van der Waals surface area contributed by atoms with Crippen molar-refractivity contribution in [1.29, 1.82) is 0 Å². The van der Waals surface area contributed by atoms with Gasteiger partial charge in [0.15, 0.2) is 0 Å². The van der Waals surface area contributed by atoms with E-state index in [2.05, 4.69) is 48.1 Å². The van der Waals surface area contributed by atoms with Gasteiger partial charge in [-0.15, -0.1) is 0 Å². The van der Waals surface area contributed by atoms with Crippen LogP contribution in [-0.4, -0.2) is 13.3 Å². The van der Waals surface area contributed by atoms with E-state index in [1.165, 1.54) is 16.4 Å². The van der Waals surface area contributed by atoms with Gasteiger partial charge in [0.25, 0.3) is 0 Å². The zero-order valence-corrected chi connectivity index (χ0v) is 10.9. The Morgan fingerprint density at radius 1 is 1.15 bits per heavy atom. The first kappa shape index (κ1) is 10.6. The van der Waals surface area contributed by atoms with Crippen molar-refractivity contribution in [1.82, 2.24) is 0 Å². The molecule has 0 fully saturated rings. The van der Waals surface area contributed by atoms with Gasteiger partial charge in [-0.1, -0.05) is 0 Å². The van der Waals surface area contributed by atoms with Gasteiger partial charge in [-0.3, -0.25) is 0 Å². The molecule has 0 saturated carbocycles. The van der Waals surface area contributed by atoms with Gasteiger partial charge in [0.05, 0.1) is 0 Å². The van der Waals surface area contributed by atoms with E-state index in [0.717, 1.165) is 0 Å². The predicted octanol–water partition coefficient (Wildman–Crippen LogP) is 3.75. The molecule has 0 nitrogen and oxygen atoms in total. The third-order valence-corrected chi connectivity index (χ3v) is 5.03. The van der Waals surface area contributed by atoms with E-state index < -0.39 is 13.3 Å². The minimum absolute atomic E-state index is 1.21. The van der Waals surface area contributed by atoms with Crippen LogP contribution in [0.1, 0.15) is 11.1 Å². The molecule has 0 aromatic heterocycles. The molecule has 70 valence electrons. The Labute approximate surface area is 84.0 Å². The van der Waals surface area contributed by atoms with Crippen LogP contribution in [0, 0.1) is 0 Å². The summed E-state index contributed by atoms with van der Waals surface area (Å²) >= 11 is -1.41. The molecular weight excluding hydrogens is 217 g/mol. The molecule has 13 heavy (non-hydrogen) atoms. The fourth-order valence-electron chi connectivity index (χ4n) is 1.38. The van der Waals surface area contributed by atoms with Crippen molar-refractivity contribution in [2.45, 2.75) is 22.5 Å². The van der Waals surface area contributed by atoms with Gasteiger partial charge in [0.1, 0.15) is 0 Å². The van der Waals surface area contributed by atoms with Crippen molar-refractivity contribution >= 4 is 19.3 Å². The Balaban J connectivity index is 2.75. The van der Waals surface area contributed by atoms with Gasteiger partial charge >= 0.3 is 83.8 Å². The van der Waals surface area contributed by atoms with Crippen LogP contribution in [0.4, 0.5) is 0 Å². The minimum atomic E-state index is -1.41. The normalized spacial score (nSPS) is 11.3. The SMILES string of the molecule is C=Cc1ccc([CH2][Ge]([CH3])([CH3])[CH3])cc1. The summed E-state index contributed by atoms with van der Waals surface area (Å²) in [6.45, 7) is 3.75. The second kappa shape index (κ2) is 4.14. The van der Waals surface area contributed by atoms with Crippen molar-refractivity contribution in [3.05, 3.63) is 42.0 Å². The number of hydrogen-bond donors (Lipinski definition) is 0. The molecule has 1 heteroatoms. The zero-order chi connectivity index (χ0) is 9.90. The average molecular weight is 235 g/mol. The molecular formula is C12H18Ge. The molecule has 1 aromatic rings. The van der Waals surface area contributed by atoms with Gasteiger partial charge in [0.2, 0.25) is 0 Å². The molecule has 0 radical (unpaired) electrons. The summed E-state index contributed by atoms with van der Waals surface area (Å²) in [7, 11) is 0. The second-order valence-electron chi connectivity index (χ2n) is 4.68. The Morgan fingerprint density at radius 2 is 1.69 bits per heavy atom. The van der Waals surface area contributed by atoms with Crippen LogP contribution in [0.15, 0.2) is 30.8 Å². The van der Waals surface area contributed by atoms with Gasteiger partial charge in [-0.2, -0.15) is 0 Å². The average Bonchev–Trinajstić information content (AvgIpc) is 2.03. The van der Waals surface area contributed by atoms with Crippen LogP contribution in [-0.2, 0) is 5.25 Å². The van der Waals surface area contributed by atoms with Crippen LogP contribution in [0.5, 0.6) is 0 Å². The second-order valence-corrected chi connectivity index (χ2v) is 16.2. The van der Waals surface area contributed by atoms with Crippen molar-refractivity contribution in [2.75, 3.05) is 0 Å². The van der Waals surface area contributed by atoms with E-state index in [-0.39, 0.29) is 0 Å². The molecule has 0 amide bonds. The van der Waals surface area contributed by atoms with Crippen LogP contribution in [0.2, 0.25) is 17.3 Å². The summed E-state index contributed by atoms with van der Waals surface area (Å²) in [5.41, 5.74) is 2.70. The number of benzene rings is 1. The van der Waals surface area contributed by atoms with Gasteiger partial charge < -0.3 is 0 Å². The molecule has 0 atom stereocenters. The van der Waals surface area contributed by atoms with Crippen LogP contribution in [0.25, 0.3) is 6.08 Å². The summed E-state index contributed by atoms with van der Waals surface area (Å²) in [5.74, 6) is 7.34. The number of hydrogen-bond acceptors (Lipinski definition) is 0. The summed E-state index contributed by atoms with van der Waals surface area (Å²) < 4.78 is 0. The van der Waals surface area contributed by atoms with Crippen LogP contribution in [0.3, 0.4) is 0 Å².